The van der Waals surface area contributed by atoms with Crippen molar-refractivity contribution in [2.75, 3.05) is 26.4 Å². The molecule has 0 spiro atoms. The Labute approximate surface area is 480 Å². The Morgan fingerprint density at radius 1 is 0.359 bits per heavy atom. The van der Waals surface area contributed by atoms with Crippen molar-refractivity contribution in [3.63, 3.8) is 0 Å². The number of esters is 3. The minimum absolute atomic E-state index is 0.166. The predicted molar refractivity (Wildman–Crippen MR) is 326 cm³/mol. The molecule has 0 rings (SSSR count). The van der Waals surface area contributed by atoms with Gasteiger partial charge in [-0.2, -0.15) is 0 Å². The molecule has 0 saturated carbocycles. The van der Waals surface area contributed by atoms with E-state index < -0.39 is 57.8 Å². The number of phosphoric ester groups is 1. The van der Waals surface area contributed by atoms with Crippen LogP contribution in [0.1, 0.15) is 329 Å². The maximum absolute atomic E-state index is 13.0. The normalized spacial score (nSPS) is 13.4. The first-order chi connectivity index (χ1) is 38.2. The van der Waals surface area contributed by atoms with Crippen LogP contribution in [-0.4, -0.2) is 66.5 Å². The highest BCUT2D eigenvalue weighted by Gasteiger charge is 2.28. The van der Waals surface area contributed by atoms with Gasteiger partial charge in [0, 0.05) is 19.3 Å². The molecule has 0 aromatic carbocycles. The van der Waals surface area contributed by atoms with Crippen molar-refractivity contribution < 1.29 is 52.2 Å². The fourth-order valence-electron chi connectivity index (χ4n) is 9.50. The van der Waals surface area contributed by atoms with Crippen LogP contribution in [0.2, 0.25) is 0 Å². The molecule has 0 aliphatic carbocycles. The summed E-state index contributed by atoms with van der Waals surface area (Å²) >= 11 is 0. The van der Waals surface area contributed by atoms with Crippen molar-refractivity contribution in [1.82, 2.24) is 0 Å². The first-order valence-corrected chi connectivity index (χ1v) is 34.4. The molecule has 0 amide bonds. The number of carbonyl (C=O) groups excluding carboxylic acids is 3. The van der Waals surface area contributed by atoms with E-state index in [4.69, 9.17) is 23.3 Å². The van der Waals surface area contributed by atoms with E-state index in [1.807, 2.05) is 0 Å². The largest absolute Gasteiger partial charge is 0.472 e. The number of hydrogen-bond donors (Lipinski definition) is 2. The minimum Gasteiger partial charge on any atom is -0.462 e. The van der Waals surface area contributed by atoms with Crippen LogP contribution in [0.15, 0.2) is 36.5 Å². The fourth-order valence-corrected chi connectivity index (χ4v) is 10.3. The maximum Gasteiger partial charge on any atom is 0.472 e. The molecule has 0 saturated heterocycles. The van der Waals surface area contributed by atoms with Crippen LogP contribution < -0.4 is 0 Å². The van der Waals surface area contributed by atoms with Crippen molar-refractivity contribution in [2.45, 2.75) is 341 Å². The van der Waals surface area contributed by atoms with Gasteiger partial charge in [0.05, 0.1) is 19.8 Å². The van der Waals surface area contributed by atoms with E-state index >= 15 is 0 Å². The van der Waals surface area contributed by atoms with Crippen molar-refractivity contribution in [2.24, 2.45) is 0 Å². The Morgan fingerprint density at radius 3 is 0.987 bits per heavy atom. The Bertz CT molecular complexity index is 1450. The summed E-state index contributed by atoms with van der Waals surface area (Å²) in [5.41, 5.74) is 0. The molecule has 3 atom stereocenters. The van der Waals surface area contributed by atoms with Gasteiger partial charge in [0.25, 0.3) is 0 Å². The Balaban J connectivity index is 4.66. The van der Waals surface area contributed by atoms with Gasteiger partial charge in [-0.15, -0.1) is 0 Å². The van der Waals surface area contributed by atoms with Gasteiger partial charge in [0.2, 0.25) is 0 Å². The van der Waals surface area contributed by atoms with Gasteiger partial charge in [-0.05, 0) is 77.0 Å². The lowest BCUT2D eigenvalue weighted by Gasteiger charge is -2.21. The quantitative estimate of drug-likeness (QED) is 0.0197. The Morgan fingerprint density at radius 2 is 0.628 bits per heavy atom. The molecule has 0 radical (unpaired) electrons. The second kappa shape index (κ2) is 60.8. The summed E-state index contributed by atoms with van der Waals surface area (Å²) in [6, 6.07) is 0. The smallest absolute Gasteiger partial charge is 0.462 e. The number of carbonyl (C=O) groups is 3. The van der Waals surface area contributed by atoms with Gasteiger partial charge in [0.15, 0.2) is 6.10 Å². The standard InChI is InChI=1S/C66H123O11P/c1-4-7-10-13-16-19-22-25-28-30-31-33-36-39-42-45-48-51-54-57-66(70)77-63(59-73-64(68)55-52-49-46-43-40-37-34-27-24-21-18-15-12-9-6-3)61-75-78(71,72)74-60-62(58-67)76-65(69)56-53-50-47-44-41-38-35-32-29-26-23-20-17-14-11-8-5-2/h18,21,25,27-28,34,62-63,67H,4-17,19-20,22-24,26,29-33,35-61H2,1-3H3,(H,71,72)/b21-18-,28-25-,34-27-. The molecule has 0 aliphatic heterocycles. The van der Waals surface area contributed by atoms with Crippen LogP contribution in [-0.2, 0) is 42.2 Å². The molecule has 0 bridgehead atoms. The van der Waals surface area contributed by atoms with Crippen molar-refractivity contribution in [3.05, 3.63) is 36.5 Å². The lowest BCUT2D eigenvalue weighted by Crippen LogP contribution is -2.30. The van der Waals surface area contributed by atoms with Crippen LogP contribution in [0.25, 0.3) is 0 Å². The number of ether oxygens (including phenoxy) is 3. The summed E-state index contributed by atoms with van der Waals surface area (Å²) in [5, 5.41) is 9.86. The zero-order valence-electron chi connectivity index (χ0n) is 50.9. The molecular weight excluding hydrogens is 1000 g/mol. The fraction of sp³-hybridized carbons (Fsp3) is 0.864. The lowest BCUT2D eigenvalue weighted by atomic mass is 10.0. The number of allylic oxidation sites excluding steroid dienone is 6. The van der Waals surface area contributed by atoms with Gasteiger partial charge in [-0.1, -0.05) is 269 Å². The third-order valence-electron chi connectivity index (χ3n) is 14.5. The number of rotatable bonds is 62. The van der Waals surface area contributed by atoms with Crippen molar-refractivity contribution >= 4 is 25.7 Å². The molecule has 0 aromatic rings. The highest BCUT2D eigenvalue weighted by atomic mass is 31.2. The van der Waals surface area contributed by atoms with E-state index in [9.17, 15) is 28.9 Å². The molecule has 0 fully saturated rings. The monoisotopic (exact) mass is 1120 g/mol. The molecule has 458 valence electrons. The van der Waals surface area contributed by atoms with Crippen LogP contribution in [0.5, 0.6) is 0 Å². The van der Waals surface area contributed by atoms with Crippen molar-refractivity contribution in [1.29, 1.82) is 0 Å². The average molecular weight is 1120 g/mol. The van der Waals surface area contributed by atoms with Gasteiger partial charge in [0.1, 0.15) is 12.7 Å². The number of aliphatic hydroxyl groups is 1. The SMILES string of the molecule is CCCCC/C=C\C/C=C\CCCCCCCC(=O)OCC(COP(=O)(O)OCC(CO)OC(=O)CCCCCCCCCCCCCCCCCCC)OC(=O)CCCCCCCCCCC/C=C\CCCCCCCC. The summed E-state index contributed by atoms with van der Waals surface area (Å²) in [6.45, 7) is 4.67. The van der Waals surface area contributed by atoms with Gasteiger partial charge < -0.3 is 24.2 Å². The lowest BCUT2D eigenvalue weighted by molar-refractivity contribution is -0.161. The third kappa shape index (κ3) is 58.4. The van der Waals surface area contributed by atoms with E-state index in [2.05, 4.69) is 57.2 Å². The van der Waals surface area contributed by atoms with Gasteiger partial charge in [-0.25, -0.2) is 4.57 Å². The topological polar surface area (TPSA) is 155 Å². The van der Waals surface area contributed by atoms with Gasteiger partial charge in [-0.3, -0.25) is 23.4 Å². The van der Waals surface area contributed by atoms with E-state index in [-0.39, 0.29) is 25.9 Å². The average Bonchev–Trinajstić information content (AvgIpc) is 3.43. The van der Waals surface area contributed by atoms with E-state index in [1.54, 1.807) is 0 Å². The van der Waals surface area contributed by atoms with Crippen molar-refractivity contribution in [3.8, 4) is 0 Å². The predicted octanol–water partition coefficient (Wildman–Crippen LogP) is 19.9. The third-order valence-corrected chi connectivity index (χ3v) is 15.5. The molecule has 0 heterocycles. The Kier molecular flexibility index (Phi) is 59.0. The zero-order valence-corrected chi connectivity index (χ0v) is 51.8. The zero-order chi connectivity index (χ0) is 56.9. The summed E-state index contributed by atoms with van der Waals surface area (Å²) in [7, 11) is -4.75. The molecule has 0 aliphatic rings. The number of unbranched alkanes of at least 4 members (excludes halogenated alkanes) is 39. The Hall–Kier alpha value is -2.30. The van der Waals surface area contributed by atoms with Crippen LogP contribution in [0.4, 0.5) is 0 Å². The molecule has 2 N–H and O–H groups in total. The molecule has 11 nitrogen and oxygen atoms in total. The van der Waals surface area contributed by atoms with Crippen LogP contribution in [0.3, 0.4) is 0 Å². The second-order valence-corrected chi connectivity index (χ2v) is 23.7. The van der Waals surface area contributed by atoms with E-state index in [1.165, 1.54) is 186 Å². The number of phosphoric acid groups is 1. The van der Waals surface area contributed by atoms with E-state index in [0.717, 1.165) is 83.5 Å². The minimum atomic E-state index is -4.75. The summed E-state index contributed by atoms with van der Waals surface area (Å²) in [4.78, 5) is 48.8. The molecule has 12 heteroatoms. The highest BCUT2D eigenvalue weighted by Crippen LogP contribution is 2.43. The van der Waals surface area contributed by atoms with Crippen LogP contribution >= 0.6 is 7.82 Å². The number of aliphatic hydroxyl groups excluding tert-OH is 1. The first-order valence-electron chi connectivity index (χ1n) is 32.9. The van der Waals surface area contributed by atoms with Gasteiger partial charge >= 0.3 is 25.7 Å². The molecular formula is C66H123O11P. The summed E-state index contributed by atoms with van der Waals surface area (Å²) in [6.07, 6.45) is 65.2. The molecule has 3 unspecified atom stereocenters. The van der Waals surface area contributed by atoms with Crippen LogP contribution in [0, 0.1) is 0 Å². The highest BCUT2D eigenvalue weighted by molar-refractivity contribution is 7.47. The summed E-state index contributed by atoms with van der Waals surface area (Å²) < 4.78 is 39.7. The second-order valence-electron chi connectivity index (χ2n) is 22.3. The molecule has 78 heavy (non-hydrogen) atoms. The maximum atomic E-state index is 13.0. The first kappa shape index (κ1) is 75.7. The van der Waals surface area contributed by atoms with E-state index in [0.29, 0.717) is 19.3 Å². The molecule has 0 aromatic heterocycles. The number of hydrogen-bond acceptors (Lipinski definition) is 10. The summed E-state index contributed by atoms with van der Waals surface area (Å²) in [5.74, 6) is -1.46.